The molecule has 0 heterocycles. The highest BCUT2D eigenvalue weighted by molar-refractivity contribution is 5.89. The van der Waals surface area contributed by atoms with Gasteiger partial charge in [-0.05, 0) is 55.9 Å². The minimum Gasteiger partial charge on any atom is -0.508 e. The van der Waals surface area contributed by atoms with Crippen LogP contribution in [0, 0.1) is 5.92 Å². The maximum absolute atomic E-state index is 12.1. The summed E-state index contributed by atoms with van der Waals surface area (Å²) < 4.78 is 5.66. The van der Waals surface area contributed by atoms with Gasteiger partial charge in [0.15, 0.2) is 0 Å². The molecule has 0 spiro atoms. The minimum atomic E-state index is -0.266. The zero-order valence-electron chi connectivity index (χ0n) is 12.2. The molecule has 0 aliphatic heterocycles. The fourth-order valence-corrected chi connectivity index (χ4v) is 2.95. The van der Waals surface area contributed by atoms with Crippen molar-refractivity contribution in [2.75, 3.05) is 0 Å². The Morgan fingerprint density at radius 2 is 2.00 bits per heavy atom. The average molecular weight is 276 g/mol. The van der Waals surface area contributed by atoms with Crippen molar-refractivity contribution in [2.45, 2.75) is 58.0 Å². The van der Waals surface area contributed by atoms with Gasteiger partial charge in [0.05, 0.1) is 5.56 Å². The Balaban J connectivity index is 1.87. The summed E-state index contributed by atoms with van der Waals surface area (Å²) in [5.41, 5.74) is 0.516. The van der Waals surface area contributed by atoms with Gasteiger partial charge in [0.1, 0.15) is 11.9 Å². The largest absolute Gasteiger partial charge is 0.508 e. The van der Waals surface area contributed by atoms with Crippen LogP contribution >= 0.6 is 0 Å². The first-order valence-corrected chi connectivity index (χ1v) is 7.70. The van der Waals surface area contributed by atoms with Crippen molar-refractivity contribution in [1.82, 2.24) is 0 Å². The topological polar surface area (TPSA) is 46.5 Å². The number of phenolic OH excluding ortho intramolecular Hbond substituents is 1. The maximum atomic E-state index is 12.1. The maximum Gasteiger partial charge on any atom is 0.338 e. The molecule has 20 heavy (non-hydrogen) atoms. The summed E-state index contributed by atoms with van der Waals surface area (Å²) in [4.78, 5) is 12.1. The van der Waals surface area contributed by atoms with Gasteiger partial charge in [-0.25, -0.2) is 4.79 Å². The summed E-state index contributed by atoms with van der Waals surface area (Å²) in [6.07, 6.45) is 8.28. The third-order valence-corrected chi connectivity index (χ3v) is 4.13. The van der Waals surface area contributed by atoms with Crippen LogP contribution in [0.3, 0.4) is 0 Å². The number of hydrogen-bond acceptors (Lipinski definition) is 3. The molecule has 0 amide bonds. The van der Waals surface area contributed by atoms with Crippen LogP contribution in [0.5, 0.6) is 5.75 Å². The van der Waals surface area contributed by atoms with Crippen molar-refractivity contribution in [2.24, 2.45) is 5.92 Å². The van der Waals surface area contributed by atoms with E-state index < -0.39 is 0 Å². The van der Waals surface area contributed by atoms with Crippen molar-refractivity contribution in [1.29, 1.82) is 0 Å². The summed E-state index contributed by atoms with van der Waals surface area (Å²) >= 11 is 0. The molecule has 0 saturated heterocycles. The quantitative estimate of drug-likeness (QED) is 0.622. The molecule has 2 rings (SSSR count). The first kappa shape index (κ1) is 14.9. The molecule has 1 aliphatic rings. The summed E-state index contributed by atoms with van der Waals surface area (Å²) in [6, 6.07) is 6.26. The molecule has 1 aromatic carbocycles. The molecule has 2 atom stereocenters. The lowest BCUT2D eigenvalue weighted by Crippen LogP contribution is -2.22. The van der Waals surface area contributed by atoms with Gasteiger partial charge in [-0.15, -0.1) is 0 Å². The molecule has 1 fully saturated rings. The van der Waals surface area contributed by atoms with E-state index in [1.165, 1.54) is 44.2 Å². The Bertz CT molecular complexity index is 424. The van der Waals surface area contributed by atoms with Crippen LogP contribution in [-0.4, -0.2) is 17.2 Å². The number of rotatable bonds is 6. The van der Waals surface area contributed by atoms with Crippen LogP contribution in [0.1, 0.15) is 62.2 Å². The predicted octanol–water partition coefficient (Wildman–Crippen LogP) is 4.30. The second kappa shape index (κ2) is 7.32. The van der Waals surface area contributed by atoms with E-state index in [2.05, 4.69) is 6.92 Å². The Morgan fingerprint density at radius 1 is 1.25 bits per heavy atom. The van der Waals surface area contributed by atoms with E-state index >= 15 is 0 Å². The van der Waals surface area contributed by atoms with E-state index in [1.54, 1.807) is 12.1 Å². The number of ether oxygens (including phenoxy) is 1. The Labute approximate surface area is 121 Å². The molecule has 0 unspecified atom stereocenters. The van der Waals surface area contributed by atoms with Crippen LogP contribution in [0.4, 0.5) is 0 Å². The molecule has 0 bridgehead atoms. The van der Waals surface area contributed by atoms with E-state index in [0.29, 0.717) is 11.5 Å². The van der Waals surface area contributed by atoms with E-state index in [-0.39, 0.29) is 17.8 Å². The number of carbonyl (C=O) groups is 1. The number of aromatic hydroxyl groups is 1. The van der Waals surface area contributed by atoms with Gasteiger partial charge in [-0.1, -0.05) is 26.2 Å². The van der Waals surface area contributed by atoms with Gasteiger partial charge in [0, 0.05) is 0 Å². The SMILES string of the molecule is CCCCC[C@@H]1CCC[C@H]1OC(=O)c1ccc(O)cc1. The van der Waals surface area contributed by atoms with Gasteiger partial charge in [-0.2, -0.15) is 0 Å². The first-order valence-electron chi connectivity index (χ1n) is 7.70. The number of hydrogen-bond donors (Lipinski definition) is 1. The van der Waals surface area contributed by atoms with Gasteiger partial charge >= 0.3 is 5.97 Å². The molecule has 1 saturated carbocycles. The summed E-state index contributed by atoms with van der Waals surface area (Å²) in [5, 5.41) is 9.23. The highest BCUT2D eigenvalue weighted by Gasteiger charge is 2.30. The van der Waals surface area contributed by atoms with Crippen molar-refractivity contribution < 1.29 is 14.6 Å². The van der Waals surface area contributed by atoms with Crippen LogP contribution in [0.15, 0.2) is 24.3 Å². The molecule has 0 radical (unpaired) electrons. The fourth-order valence-electron chi connectivity index (χ4n) is 2.95. The smallest absolute Gasteiger partial charge is 0.338 e. The summed E-state index contributed by atoms with van der Waals surface area (Å²) in [7, 11) is 0. The highest BCUT2D eigenvalue weighted by atomic mass is 16.5. The molecular formula is C17H24O3. The lowest BCUT2D eigenvalue weighted by Gasteiger charge is -2.20. The van der Waals surface area contributed by atoms with Crippen LogP contribution in [-0.2, 0) is 4.74 Å². The monoisotopic (exact) mass is 276 g/mol. The zero-order chi connectivity index (χ0) is 14.4. The molecule has 0 aromatic heterocycles. The molecule has 1 aromatic rings. The fraction of sp³-hybridized carbons (Fsp3) is 0.588. The number of unbranched alkanes of at least 4 members (excludes halogenated alkanes) is 2. The van der Waals surface area contributed by atoms with Crippen molar-refractivity contribution in [3.8, 4) is 5.75 Å². The van der Waals surface area contributed by atoms with E-state index in [1.807, 2.05) is 0 Å². The van der Waals surface area contributed by atoms with Crippen LogP contribution in [0.2, 0.25) is 0 Å². The number of benzene rings is 1. The van der Waals surface area contributed by atoms with Crippen LogP contribution in [0.25, 0.3) is 0 Å². The second-order valence-electron chi connectivity index (χ2n) is 5.68. The predicted molar refractivity (Wildman–Crippen MR) is 78.8 cm³/mol. The van der Waals surface area contributed by atoms with Gasteiger partial charge < -0.3 is 9.84 Å². The minimum absolute atomic E-state index is 0.0770. The molecule has 3 heteroatoms. The molecule has 110 valence electrons. The van der Waals surface area contributed by atoms with Gasteiger partial charge in [0.2, 0.25) is 0 Å². The molecule has 1 N–H and O–H groups in total. The Kier molecular flexibility index (Phi) is 5.45. The molecule has 3 nitrogen and oxygen atoms in total. The molecular weight excluding hydrogens is 252 g/mol. The molecule has 1 aliphatic carbocycles. The Hall–Kier alpha value is -1.51. The van der Waals surface area contributed by atoms with Crippen molar-refractivity contribution in [3.05, 3.63) is 29.8 Å². The third-order valence-electron chi connectivity index (χ3n) is 4.13. The van der Waals surface area contributed by atoms with E-state index in [0.717, 1.165) is 12.8 Å². The van der Waals surface area contributed by atoms with Gasteiger partial charge in [-0.3, -0.25) is 0 Å². The van der Waals surface area contributed by atoms with Crippen molar-refractivity contribution in [3.63, 3.8) is 0 Å². The standard InChI is InChI=1S/C17H24O3/c1-2-3-4-6-13-7-5-8-16(13)20-17(19)14-9-11-15(18)12-10-14/h9-13,16,18H,2-8H2,1H3/t13-,16-/m1/s1. The normalized spacial score (nSPS) is 21.9. The third kappa shape index (κ3) is 3.99. The van der Waals surface area contributed by atoms with Crippen LogP contribution < -0.4 is 0 Å². The van der Waals surface area contributed by atoms with Gasteiger partial charge in [0.25, 0.3) is 0 Å². The average Bonchev–Trinajstić information content (AvgIpc) is 2.87. The van der Waals surface area contributed by atoms with E-state index in [4.69, 9.17) is 4.74 Å². The van der Waals surface area contributed by atoms with Crippen molar-refractivity contribution >= 4 is 5.97 Å². The lowest BCUT2D eigenvalue weighted by molar-refractivity contribution is 0.0195. The zero-order valence-corrected chi connectivity index (χ0v) is 12.2. The first-order chi connectivity index (χ1) is 9.70. The number of esters is 1. The lowest BCUT2D eigenvalue weighted by atomic mass is 9.98. The number of carbonyl (C=O) groups excluding carboxylic acids is 1. The van der Waals surface area contributed by atoms with E-state index in [9.17, 15) is 9.90 Å². The second-order valence-corrected chi connectivity index (χ2v) is 5.68. The summed E-state index contributed by atoms with van der Waals surface area (Å²) in [6.45, 7) is 2.21. The number of phenols is 1. The highest BCUT2D eigenvalue weighted by Crippen LogP contribution is 2.33. The summed E-state index contributed by atoms with van der Waals surface area (Å²) in [5.74, 6) is 0.430. The Morgan fingerprint density at radius 3 is 2.70 bits per heavy atom.